The third-order valence-corrected chi connectivity index (χ3v) is 4.84. The van der Waals surface area contributed by atoms with Crippen molar-refractivity contribution in [2.24, 2.45) is 0 Å². The fourth-order valence-corrected chi connectivity index (χ4v) is 3.01. The highest BCUT2D eigenvalue weighted by Gasteiger charge is 2.31. The van der Waals surface area contributed by atoms with Crippen LogP contribution >= 0.6 is 0 Å². The van der Waals surface area contributed by atoms with Gasteiger partial charge in [-0.25, -0.2) is 0 Å². The molecule has 0 saturated carbocycles. The zero-order valence-electron chi connectivity index (χ0n) is 15.0. The molecule has 0 radical (unpaired) electrons. The fourth-order valence-electron chi connectivity index (χ4n) is 3.01. The molecule has 4 nitrogen and oxygen atoms in total. The van der Waals surface area contributed by atoms with E-state index in [0.717, 1.165) is 31.8 Å². The molecule has 0 aliphatic carbocycles. The molecule has 25 heavy (non-hydrogen) atoms. The number of piperazine rings is 1. The second-order valence-corrected chi connectivity index (χ2v) is 6.55. The fraction of sp³-hybridized carbons (Fsp3) is 0.611. The second-order valence-electron chi connectivity index (χ2n) is 6.55. The first-order valence-corrected chi connectivity index (χ1v) is 8.60. The standard InChI is InChI=1S/C18H26F3N3O/c1-4-23-8-10-24(11-9-23)17(25)14(2)22(3)13-15-6-5-7-16(12-15)18(19,20)21/h5-7,12,14H,4,8-11,13H2,1-3H3. The van der Waals surface area contributed by atoms with Gasteiger partial charge in [-0.3, -0.25) is 9.69 Å². The molecule has 1 heterocycles. The molecule has 0 bridgehead atoms. The Bertz CT molecular complexity index is 583. The topological polar surface area (TPSA) is 26.8 Å². The van der Waals surface area contributed by atoms with Gasteiger partial charge in [-0.05, 0) is 32.1 Å². The maximum Gasteiger partial charge on any atom is 0.416 e. The van der Waals surface area contributed by atoms with E-state index < -0.39 is 11.7 Å². The molecule has 1 amide bonds. The van der Waals surface area contributed by atoms with E-state index in [-0.39, 0.29) is 11.9 Å². The van der Waals surface area contributed by atoms with Crippen LogP contribution < -0.4 is 0 Å². The van der Waals surface area contributed by atoms with Gasteiger partial charge in [0.05, 0.1) is 11.6 Å². The highest BCUT2D eigenvalue weighted by atomic mass is 19.4. The molecule has 1 unspecified atom stereocenters. The number of carbonyl (C=O) groups is 1. The van der Waals surface area contributed by atoms with Crippen LogP contribution in [0.3, 0.4) is 0 Å². The molecule has 2 rings (SSSR count). The van der Waals surface area contributed by atoms with Crippen LogP contribution in [-0.4, -0.2) is 66.4 Å². The largest absolute Gasteiger partial charge is 0.416 e. The molecular formula is C18H26F3N3O. The Morgan fingerprint density at radius 3 is 2.44 bits per heavy atom. The van der Waals surface area contributed by atoms with Gasteiger partial charge in [0.25, 0.3) is 0 Å². The number of alkyl halides is 3. The van der Waals surface area contributed by atoms with Crippen LogP contribution in [0.1, 0.15) is 25.0 Å². The van der Waals surface area contributed by atoms with Crippen molar-refractivity contribution in [2.45, 2.75) is 32.6 Å². The van der Waals surface area contributed by atoms with Gasteiger partial charge >= 0.3 is 6.18 Å². The highest BCUT2D eigenvalue weighted by Crippen LogP contribution is 2.29. The predicted molar refractivity (Wildman–Crippen MR) is 91.1 cm³/mol. The van der Waals surface area contributed by atoms with Crippen molar-refractivity contribution in [1.82, 2.24) is 14.7 Å². The van der Waals surface area contributed by atoms with E-state index in [1.807, 2.05) is 11.8 Å². The van der Waals surface area contributed by atoms with Crippen LogP contribution in [0.15, 0.2) is 24.3 Å². The van der Waals surface area contributed by atoms with E-state index in [2.05, 4.69) is 11.8 Å². The molecule has 1 aromatic rings. The summed E-state index contributed by atoms with van der Waals surface area (Å²) in [7, 11) is 1.77. The maximum absolute atomic E-state index is 12.8. The lowest BCUT2D eigenvalue weighted by molar-refractivity contribution is -0.139. The van der Waals surface area contributed by atoms with E-state index in [4.69, 9.17) is 0 Å². The first-order valence-electron chi connectivity index (χ1n) is 8.60. The van der Waals surface area contributed by atoms with Gasteiger partial charge in [-0.15, -0.1) is 0 Å². The maximum atomic E-state index is 12.8. The molecule has 1 fully saturated rings. The summed E-state index contributed by atoms with van der Waals surface area (Å²) in [6, 6.07) is 4.90. The number of hydrogen-bond acceptors (Lipinski definition) is 3. The van der Waals surface area contributed by atoms with Crippen molar-refractivity contribution < 1.29 is 18.0 Å². The van der Waals surface area contributed by atoms with Crippen molar-refractivity contribution in [3.63, 3.8) is 0 Å². The second kappa shape index (κ2) is 8.19. The average Bonchev–Trinajstić information content (AvgIpc) is 2.60. The number of hydrogen-bond donors (Lipinski definition) is 0. The summed E-state index contributed by atoms with van der Waals surface area (Å²) in [5, 5.41) is 0. The first-order chi connectivity index (χ1) is 11.7. The van der Waals surface area contributed by atoms with Crippen molar-refractivity contribution >= 4 is 5.91 Å². The van der Waals surface area contributed by atoms with Crippen molar-refractivity contribution in [3.05, 3.63) is 35.4 Å². The van der Waals surface area contributed by atoms with E-state index in [9.17, 15) is 18.0 Å². The van der Waals surface area contributed by atoms with E-state index in [0.29, 0.717) is 25.2 Å². The number of rotatable bonds is 5. The van der Waals surface area contributed by atoms with Crippen LogP contribution in [0.5, 0.6) is 0 Å². The van der Waals surface area contributed by atoms with Gasteiger partial charge in [0.15, 0.2) is 0 Å². The monoisotopic (exact) mass is 357 g/mol. The predicted octanol–water partition coefficient (Wildman–Crippen LogP) is 2.69. The lowest BCUT2D eigenvalue weighted by Gasteiger charge is -2.37. The SMILES string of the molecule is CCN1CCN(C(=O)C(C)N(C)Cc2cccc(C(F)(F)F)c2)CC1. The lowest BCUT2D eigenvalue weighted by Crippen LogP contribution is -2.53. The van der Waals surface area contributed by atoms with Crippen LogP contribution in [0, 0.1) is 0 Å². The van der Waals surface area contributed by atoms with Gasteiger partial charge in [0.2, 0.25) is 5.91 Å². The summed E-state index contributed by atoms with van der Waals surface area (Å²) in [5.41, 5.74) is -0.110. The molecule has 1 atom stereocenters. The third-order valence-electron chi connectivity index (χ3n) is 4.84. The number of benzene rings is 1. The Morgan fingerprint density at radius 2 is 1.88 bits per heavy atom. The number of likely N-dealkylation sites (N-methyl/N-ethyl adjacent to an activating group) is 2. The Kier molecular flexibility index (Phi) is 6.46. The molecule has 0 N–H and O–H groups in total. The summed E-state index contributed by atoms with van der Waals surface area (Å²) >= 11 is 0. The van der Waals surface area contributed by atoms with Gasteiger partial charge in [0, 0.05) is 32.7 Å². The van der Waals surface area contributed by atoms with E-state index in [1.54, 1.807) is 18.0 Å². The van der Waals surface area contributed by atoms with E-state index >= 15 is 0 Å². The van der Waals surface area contributed by atoms with Crippen molar-refractivity contribution in [1.29, 1.82) is 0 Å². The minimum Gasteiger partial charge on any atom is -0.339 e. The highest BCUT2D eigenvalue weighted by molar-refractivity contribution is 5.81. The molecule has 1 aliphatic heterocycles. The molecule has 1 saturated heterocycles. The van der Waals surface area contributed by atoms with E-state index in [1.165, 1.54) is 6.07 Å². The molecule has 0 aromatic heterocycles. The Hall–Kier alpha value is -1.60. The Balaban J connectivity index is 1.96. The van der Waals surface area contributed by atoms with Gasteiger partial charge in [-0.2, -0.15) is 13.2 Å². The molecule has 0 spiro atoms. The smallest absolute Gasteiger partial charge is 0.339 e. The summed E-state index contributed by atoms with van der Waals surface area (Å²) < 4.78 is 38.5. The first kappa shape index (κ1) is 19.7. The third kappa shape index (κ3) is 5.19. The summed E-state index contributed by atoms with van der Waals surface area (Å²) in [5.74, 6) is 0.0326. The van der Waals surface area contributed by atoms with Gasteiger partial charge in [0.1, 0.15) is 0 Å². The van der Waals surface area contributed by atoms with Crippen LogP contribution in [0.25, 0.3) is 0 Å². The van der Waals surface area contributed by atoms with Crippen LogP contribution in [-0.2, 0) is 17.5 Å². The minimum absolute atomic E-state index is 0.0326. The minimum atomic E-state index is -4.35. The summed E-state index contributed by atoms with van der Waals surface area (Å²) in [6.45, 7) is 8.32. The number of nitrogens with zero attached hydrogens (tertiary/aromatic N) is 3. The van der Waals surface area contributed by atoms with Crippen LogP contribution in [0.4, 0.5) is 13.2 Å². The van der Waals surface area contributed by atoms with Crippen molar-refractivity contribution in [3.8, 4) is 0 Å². The number of amides is 1. The Labute approximate surface area is 147 Å². The van der Waals surface area contributed by atoms with Crippen LogP contribution in [0.2, 0.25) is 0 Å². The molecule has 1 aromatic carbocycles. The molecular weight excluding hydrogens is 331 g/mol. The summed E-state index contributed by atoms with van der Waals surface area (Å²) in [6.07, 6.45) is -4.35. The molecule has 7 heteroatoms. The molecule has 1 aliphatic rings. The zero-order valence-corrected chi connectivity index (χ0v) is 15.0. The quantitative estimate of drug-likeness (QED) is 0.811. The van der Waals surface area contributed by atoms with Crippen molar-refractivity contribution in [2.75, 3.05) is 39.8 Å². The number of halogens is 3. The molecule has 140 valence electrons. The van der Waals surface area contributed by atoms with Gasteiger partial charge in [-0.1, -0.05) is 25.1 Å². The lowest BCUT2D eigenvalue weighted by atomic mass is 10.1. The van der Waals surface area contributed by atoms with Gasteiger partial charge < -0.3 is 9.80 Å². The number of carbonyl (C=O) groups excluding carboxylic acids is 1. The normalized spacial score (nSPS) is 17.8. The Morgan fingerprint density at radius 1 is 1.24 bits per heavy atom. The zero-order chi connectivity index (χ0) is 18.6. The average molecular weight is 357 g/mol. The summed E-state index contributed by atoms with van der Waals surface area (Å²) in [4.78, 5) is 18.6.